The first-order valence-electron chi connectivity index (χ1n) is 9.40. The monoisotopic (exact) mass is 398 g/mol. The van der Waals surface area contributed by atoms with E-state index in [0.717, 1.165) is 11.1 Å². The Balaban J connectivity index is 1.76. The first-order chi connectivity index (χ1) is 14.4. The number of nitrogen functional groups attached to an aromatic ring is 1. The molecule has 0 bridgehead atoms. The fourth-order valence-corrected chi connectivity index (χ4v) is 3.66. The maximum Gasteiger partial charge on any atom is 0.198 e. The van der Waals surface area contributed by atoms with Crippen LogP contribution < -0.4 is 10.5 Å². The second-order valence-electron chi connectivity index (χ2n) is 7.12. The van der Waals surface area contributed by atoms with Gasteiger partial charge in [0.1, 0.15) is 11.5 Å². The van der Waals surface area contributed by atoms with Crippen molar-refractivity contribution < 1.29 is 19.4 Å². The van der Waals surface area contributed by atoms with Crippen LogP contribution in [-0.4, -0.2) is 16.7 Å². The third-order valence-electron chi connectivity index (χ3n) is 5.16. The van der Waals surface area contributed by atoms with Gasteiger partial charge < -0.3 is 15.6 Å². The van der Waals surface area contributed by atoms with Crippen molar-refractivity contribution in [2.75, 3.05) is 5.73 Å². The van der Waals surface area contributed by atoms with E-state index in [-0.39, 0.29) is 39.4 Å². The van der Waals surface area contributed by atoms with Crippen molar-refractivity contribution in [2.45, 2.75) is 19.8 Å². The summed E-state index contributed by atoms with van der Waals surface area (Å²) in [4.78, 5) is 25.9. The van der Waals surface area contributed by atoms with Gasteiger partial charge in [0.05, 0.1) is 22.9 Å². The highest BCUT2D eigenvalue weighted by Gasteiger charge is 2.35. The first-order valence-corrected chi connectivity index (χ1v) is 9.40. The Kier molecular flexibility index (Phi) is 4.72. The Morgan fingerprint density at radius 2 is 1.67 bits per heavy atom. The molecule has 0 radical (unpaired) electrons. The minimum absolute atomic E-state index is 0.00334. The van der Waals surface area contributed by atoms with Crippen LogP contribution in [-0.2, 0) is 6.42 Å². The molecule has 3 aromatic rings. The summed E-state index contributed by atoms with van der Waals surface area (Å²) in [6.07, 6.45) is 1.05. The average molecular weight is 398 g/mol. The molecule has 6 heteroatoms. The summed E-state index contributed by atoms with van der Waals surface area (Å²) < 4.78 is 5.90. The minimum atomic E-state index is -0.450. The predicted octanol–water partition coefficient (Wildman–Crippen LogP) is 4.31. The van der Waals surface area contributed by atoms with Gasteiger partial charge in [-0.1, -0.05) is 36.4 Å². The summed E-state index contributed by atoms with van der Waals surface area (Å²) in [6.45, 7) is 1.85. The van der Waals surface area contributed by atoms with E-state index in [4.69, 9.17) is 15.7 Å². The van der Waals surface area contributed by atoms with Gasteiger partial charge in [0.15, 0.2) is 17.3 Å². The molecule has 3 N–H and O–H groups in total. The Hall–Kier alpha value is -4.11. The van der Waals surface area contributed by atoms with Gasteiger partial charge in [-0.25, -0.2) is 0 Å². The maximum absolute atomic E-state index is 13.0. The number of aryl methyl sites for hydroxylation is 2. The van der Waals surface area contributed by atoms with Crippen LogP contribution >= 0.6 is 0 Å². The lowest BCUT2D eigenvalue weighted by Crippen LogP contribution is -2.22. The summed E-state index contributed by atoms with van der Waals surface area (Å²) in [5.41, 5.74) is 8.38. The molecule has 0 spiro atoms. The van der Waals surface area contributed by atoms with Crippen LogP contribution in [0.3, 0.4) is 0 Å². The fourth-order valence-electron chi connectivity index (χ4n) is 3.66. The van der Waals surface area contributed by atoms with E-state index in [1.165, 1.54) is 6.07 Å². The van der Waals surface area contributed by atoms with Crippen LogP contribution in [0.4, 0.5) is 5.69 Å². The largest absolute Gasteiger partial charge is 0.507 e. The van der Waals surface area contributed by atoms with E-state index in [0.29, 0.717) is 18.6 Å². The van der Waals surface area contributed by atoms with Gasteiger partial charge in [0.2, 0.25) is 0 Å². The van der Waals surface area contributed by atoms with Crippen LogP contribution in [0.2, 0.25) is 0 Å². The molecule has 0 aromatic heterocycles. The number of phenolic OH excluding ortho intramolecular Hbond substituents is 1. The molecule has 0 atom stereocenters. The number of nitrogens with two attached hydrogens (primary N) is 1. The number of ether oxygens (including phenoxy) is 1. The lowest BCUT2D eigenvalue weighted by atomic mass is 9.82. The van der Waals surface area contributed by atoms with Gasteiger partial charge in [-0.3, -0.25) is 9.59 Å². The van der Waals surface area contributed by atoms with E-state index >= 15 is 0 Å². The van der Waals surface area contributed by atoms with Crippen molar-refractivity contribution >= 4 is 17.3 Å². The number of nitrogens with zero attached hydrogens (tertiary/aromatic N) is 1. The van der Waals surface area contributed by atoms with Crippen LogP contribution in [0.5, 0.6) is 17.2 Å². The van der Waals surface area contributed by atoms with Crippen LogP contribution in [0.1, 0.15) is 49.4 Å². The zero-order valence-corrected chi connectivity index (χ0v) is 16.2. The SMILES string of the molecule is Cc1cc(CCC#N)ccc1Oc1cc(O)c2c(c1N)C(=O)c1ccccc1C2=O. The van der Waals surface area contributed by atoms with Gasteiger partial charge in [0, 0.05) is 23.6 Å². The Labute approximate surface area is 173 Å². The van der Waals surface area contributed by atoms with Gasteiger partial charge in [-0.05, 0) is 30.5 Å². The van der Waals surface area contributed by atoms with Gasteiger partial charge in [-0.2, -0.15) is 5.26 Å². The molecule has 0 fully saturated rings. The molecule has 1 aliphatic rings. The molecule has 0 aliphatic heterocycles. The number of benzene rings is 3. The molecule has 0 saturated carbocycles. The first kappa shape index (κ1) is 19.2. The number of carbonyl (C=O) groups is 2. The molecule has 1 aliphatic carbocycles. The summed E-state index contributed by atoms with van der Waals surface area (Å²) in [5.74, 6) is -0.641. The number of nitriles is 1. The molecule has 148 valence electrons. The molecule has 0 amide bonds. The van der Waals surface area contributed by atoms with Crippen LogP contribution in [0.15, 0.2) is 48.5 Å². The number of aromatic hydroxyl groups is 1. The number of phenols is 1. The van der Waals surface area contributed by atoms with E-state index in [1.54, 1.807) is 30.3 Å². The molecule has 0 saturated heterocycles. The number of carbonyl (C=O) groups excluding carboxylic acids is 2. The topological polar surface area (TPSA) is 113 Å². The molecule has 30 heavy (non-hydrogen) atoms. The Morgan fingerprint density at radius 1 is 1.00 bits per heavy atom. The summed E-state index contributed by atoms with van der Waals surface area (Å²) in [5, 5.41) is 19.3. The van der Waals surface area contributed by atoms with Crippen molar-refractivity contribution in [1.82, 2.24) is 0 Å². The number of ketones is 2. The van der Waals surface area contributed by atoms with Gasteiger partial charge in [-0.15, -0.1) is 0 Å². The Bertz CT molecular complexity index is 1250. The zero-order chi connectivity index (χ0) is 21.4. The number of fused-ring (bicyclic) bond motifs is 2. The van der Waals surface area contributed by atoms with Crippen molar-refractivity contribution in [3.8, 4) is 23.3 Å². The van der Waals surface area contributed by atoms with E-state index in [1.807, 2.05) is 19.1 Å². The third-order valence-corrected chi connectivity index (χ3v) is 5.16. The lowest BCUT2D eigenvalue weighted by Gasteiger charge is -2.22. The quantitative estimate of drug-likeness (QED) is 0.391. The molecule has 6 nitrogen and oxygen atoms in total. The zero-order valence-electron chi connectivity index (χ0n) is 16.2. The number of anilines is 1. The van der Waals surface area contributed by atoms with Crippen molar-refractivity contribution in [3.63, 3.8) is 0 Å². The molecule has 4 rings (SSSR count). The lowest BCUT2D eigenvalue weighted by molar-refractivity contribution is 0.0977. The standard InChI is InChI=1S/C24H18N2O4/c1-13-11-14(5-4-10-25)8-9-18(13)30-19-12-17(27)20-21(22(19)26)24(29)16-7-3-2-6-15(16)23(20)28/h2-3,6-9,11-12,27H,4-5,26H2,1H3. The fraction of sp³-hybridized carbons (Fsp3) is 0.125. The number of hydrogen-bond donors (Lipinski definition) is 2. The summed E-state index contributed by atoms with van der Waals surface area (Å²) in [7, 11) is 0. The summed E-state index contributed by atoms with van der Waals surface area (Å²) in [6, 6.07) is 15.3. The second-order valence-corrected chi connectivity index (χ2v) is 7.12. The maximum atomic E-state index is 13.0. The minimum Gasteiger partial charge on any atom is -0.507 e. The van der Waals surface area contributed by atoms with Crippen molar-refractivity contribution in [3.05, 3.63) is 81.9 Å². The normalized spacial score (nSPS) is 12.1. The average Bonchev–Trinajstić information content (AvgIpc) is 2.74. The van der Waals surface area contributed by atoms with Crippen molar-refractivity contribution in [1.29, 1.82) is 5.26 Å². The highest BCUT2D eigenvalue weighted by molar-refractivity contribution is 6.31. The van der Waals surface area contributed by atoms with Crippen LogP contribution in [0, 0.1) is 18.3 Å². The third kappa shape index (κ3) is 3.07. The molecule has 0 heterocycles. The van der Waals surface area contributed by atoms with E-state index < -0.39 is 11.6 Å². The summed E-state index contributed by atoms with van der Waals surface area (Å²) >= 11 is 0. The van der Waals surface area contributed by atoms with Crippen LogP contribution in [0.25, 0.3) is 0 Å². The second kappa shape index (κ2) is 7.37. The van der Waals surface area contributed by atoms with Gasteiger partial charge in [0.25, 0.3) is 0 Å². The highest BCUT2D eigenvalue weighted by atomic mass is 16.5. The van der Waals surface area contributed by atoms with Gasteiger partial charge >= 0.3 is 0 Å². The molecular weight excluding hydrogens is 380 g/mol. The van der Waals surface area contributed by atoms with E-state index in [2.05, 4.69) is 6.07 Å². The van der Waals surface area contributed by atoms with Crippen molar-refractivity contribution in [2.24, 2.45) is 0 Å². The Morgan fingerprint density at radius 3 is 2.30 bits per heavy atom. The number of hydrogen-bond acceptors (Lipinski definition) is 6. The molecular formula is C24H18N2O4. The smallest absolute Gasteiger partial charge is 0.198 e. The highest BCUT2D eigenvalue weighted by Crippen LogP contribution is 2.42. The van der Waals surface area contributed by atoms with E-state index in [9.17, 15) is 14.7 Å². The molecule has 3 aromatic carbocycles. The molecule has 0 unspecified atom stereocenters. The predicted molar refractivity (Wildman–Crippen MR) is 111 cm³/mol. The number of rotatable bonds is 4.